The third-order valence-corrected chi connectivity index (χ3v) is 5.95. The van der Waals surface area contributed by atoms with Gasteiger partial charge in [0.15, 0.2) is 0 Å². The van der Waals surface area contributed by atoms with Crippen molar-refractivity contribution >= 4 is 11.8 Å². The molecular formula is C24H40N4O3. The van der Waals surface area contributed by atoms with Crippen LogP contribution >= 0.6 is 0 Å². The number of benzene rings is 1. The van der Waals surface area contributed by atoms with Crippen LogP contribution in [0.4, 0.5) is 0 Å². The highest BCUT2D eigenvalue weighted by molar-refractivity contribution is 5.81. The molecule has 4 N–H and O–H groups in total. The van der Waals surface area contributed by atoms with Crippen molar-refractivity contribution in [1.29, 1.82) is 0 Å². The summed E-state index contributed by atoms with van der Waals surface area (Å²) in [6.45, 7) is 5.88. The van der Waals surface area contributed by atoms with Gasteiger partial charge < -0.3 is 26.0 Å². The summed E-state index contributed by atoms with van der Waals surface area (Å²) in [7, 11) is 1.66. The van der Waals surface area contributed by atoms with Crippen molar-refractivity contribution in [1.82, 2.24) is 15.5 Å². The summed E-state index contributed by atoms with van der Waals surface area (Å²) in [5.74, 6) is 1.76. The van der Waals surface area contributed by atoms with Crippen LogP contribution in [-0.2, 0) is 9.59 Å². The molecule has 2 heterocycles. The van der Waals surface area contributed by atoms with Crippen LogP contribution in [0.5, 0.6) is 5.75 Å². The second-order valence-electron chi connectivity index (χ2n) is 8.65. The van der Waals surface area contributed by atoms with Crippen molar-refractivity contribution in [3.63, 3.8) is 0 Å². The highest BCUT2D eigenvalue weighted by Gasteiger charge is 2.28. The molecular weight excluding hydrogens is 392 g/mol. The van der Waals surface area contributed by atoms with Gasteiger partial charge >= 0.3 is 0 Å². The van der Waals surface area contributed by atoms with E-state index >= 15 is 0 Å². The summed E-state index contributed by atoms with van der Waals surface area (Å²) in [6, 6.07) is 9.64. The Bertz CT molecular complexity index is 647. The number of carbonyl (C=O) groups is 2. The first-order chi connectivity index (χ1) is 15.0. The van der Waals surface area contributed by atoms with Gasteiger partial charge in [0.1, 0.15) is 5.75 Å². The van der Waals surface area contributed by atoms with Crippen molar-refractivity contribution < 1.29 is 14.3 Å². The van der Waals surface area contributed by atoms with Gasteiger partial charge in [-0.05, 0) is 70.2 Å². The van der Waals surface area contributed by atoms with Crippen LogP contribution in [0.15, 0.2) is 30.3 Å². The van der Waals surface area contributed by atoms with Gasteiger partial charge in [-0.1, -0.05) is 18.2 Å². The van der Waals surface area contributed by atoms with Crippen LogP contribution in [-0.4, -0.2) is 62.6 Å². The van der Waals surface area contributed by atoms with Gasteiger partial charge in [-0.15, -0.1) is 0 Å². The number of nitrogens with zero attached hydrogens (tertiary/aromatic N) is 1. The standard InChI is InChI=1S/C17H32N4O2.C7H8O/c1-13(18)11-20-17(23)15-3-2-10-21(12-15)16(22)5-4-14-6-8-19-9-7-14;1-8-7-5-3-2-4-6-7/h13-15,19H,2-12,18H2,1H3,(H,20,23);2-6H,1H3. The van der Waals surface area contributed by atoms with Crippen LogP contribution in [0.3, 0.4) is 0 Å². The normalized spacial score (nSPS) is 20.2. The molecule has 0 aliphatic carbocycles. The SMILES string of the molecule is CC(N)CNC(=O)C1CCCN(C(=O)CCC2CCNCC2)C1.COc1ccccc1. The van der Waals surface area contributed by atoms with Gasteiger partial charge in [-0.3, -0.25) is 9.59 Å². The van der Waals surface area contributed by atoms with E-state index in [4.69, 9.17) is 10.5 Å². The fraction of sp³-hybridized carbons (Fsp3) is 0.667. The molecule has 7 heteroatoms. The molecule has 0 spiro atoms. The fourth-order valence-corrected chi connectivity index (χ4v) is 4.04. The third-order valence-electron chi connectivity index (χ3n) is 5.95. The molecule has 3 rings (SSSR count). The molecule has 0 saturated carbocycles. The average Bonchev–Trinajstić information content (AvgIpc) is 2.82. The van der Waals surface area contributed by atoms with Gasteiger partial charge in [0, 0.05) is 32.1 Å². The summed E-state index contributed by atoms with van der Waals surface area (Å²) in [5, 5.41) is 6.24. The Morgan fingerprint density at radius 1 is 1.23 bits per heavy atom. The predicted octanol–water partition coefficient (Wildman–Crippen LogP) is 2.16. The molecule has 2 unspecified atom stereocenters. The number of methoxy groups -OCH3 is 1. The van der Waals surface area contributed by atoms with Crippen LogP contribution < -0.4 is 21.1 Å². The molecule has 2 atom stereocenters. The molecule has 2 saturated heterocycles. The van der Waals surface area contributed by atoms with E-state index in [2.05, 4.69) is 10.6 Å². The molecule has 0 bridgehead atoms. The van der Waals surface area contributed by atoms with Crippen LogP contribution in [0.1, 0.15) is 45.4 Å². The van der Waals surface area contributed by atoms with Gasteiger partial charge in [-0.2, -0.15) is 0 Å². The number of nitrogens with two attached hydrogens (primary N) is 1. The number of likely N-dealkylation sites (tertiary alicyclic amines) is 1. The topological polar surface area (TPSA) is 96.7 Å². The lowest BCUT2D eigenvalue weighted by Crippen LogP contribution is -2.47. The molecule has 2 fully saturated rings. The van der Waals surface area contributed by atoms with Crippen molar-refractivity contribution in [3.8, 4) is 5.75 Å². The minimum atomic E-state index is -0.0784. The maximum atomic E-state index is 12.4. The van der Waals surface area contributed by atoms with E-state index in [0.29, 0.717) is 25.4 Å². The van der Waals surface area contributed by atoms with Crippen LogP contribution in [0.25, 0.3) is 0 Å². The monoisotopic (exact) mass is 432 g/mol. The quantitative estimate of drug-likeness (QED) is 0.614. The molecule has 7 nitrogen and oxygen atoms in total. The first-order valence-corrected chi connectivity index (χ1v) is 11.6. The minimum absolute atomic E-state index is 0.0368. The number of rotatable bonds is 7. The molecule has 1 aromatic carbocycles. The lowest BCUT2D eigenvalue weighted by atomic mass is 9.92. The predicted molar refractivity (Wildman–Crippen MR) is 124 cm³/mol. The Labute approximate surface area is 187 Å². The van der Waals surface area contributed by atoms with E-state index in [1.807, 2.05) is 42.2 Å². The zero-order valence-corrected chi connectivity index (χ0v) is 19.1. The highest BCUT2D eigenvalue weighted by atomic mass is 16.5. The van der Waals surface area contributed by atoms with E-state index in [1.165, 1.54) is 12.8 Å². The first-order valence-electron chi connectivity index (χ1n) is 11.6. The molecule has 31 heavy (non-hydrogen) atoms. The van der Waals surface area contributed by atoms with Crippen LogP contribution in [0, 0.1) is 11.8 Å². The second-order valence-corrected chi connectivity index (χ2v) is 8.65. The molecule has 2 aliphatic rings. The van der Waals surface area contributed by atoms with E-state index < -0.39 is 0 Å². The Morgan fingerprint density at radius 3 is 2.55 bits per heavy atom. The van der Waals surface area contributed by atoms with E-state index in [9.17, 15) is 9.59 Å². The third kappa shape index (κ3) is 9.70. The molecule has 2 aliphatic heterocycles. The summed E-state index contributed by atoms with van der Waals surface area (Å²) in [5.41, 5.74) is 5.67. The van der Waals surface area contributed by atoms with Crippen LogP contribution in [0.2, 0.25) is 0 Å². The lowest BCUT2D eigenvalue weighted by molar-refractivity contribution is -0.136. The number of piperidine rings is 2. The van der Waals surface area contributed by atoms with E-state index in [0.717, 1.165) is 44.6 Å². The average molecular weight is 433 g/mol. The summed E-state index contributed by atoms with van der Waals surface area (Å²) in [4.78, 5) is 26.5. The second kappa shape index (κ2) is 14.0. The number of hydrogen-bond donors (Lipinski definition) is 3. The lowest BCUT2D eigenvalue weighted by Gasteiger charge is -2.33. The van der Waals surface area contributed by atoms with E-state index in [-0.39, 0.29) is 23.8 Å². The smallest absolute Gasteiger partial charge is 0.224 e. The Balaban J connectivity index is 0.000000357. The number of hydrogen-bond acceptors (Lipinski definition) is 5. The number of ether oxygens (including phenoxy) is 1. The van der Waals surface area contributed by atoms with Gasteiger partial charge in [0.05, 0.1) is 13.0 Å². The van der Waals surface area contributed by atoms with Crippen molar-refractivity contribution in [3.05, 3.63) is 30.3 Å². The first kappa shape index (κ1) is 25.1. The zero-order chi connectivity index (χ0) is 22.5. The van der Waals surface area contributed by atoms with E-state index in [1.54, 1.807) is 7.11 Å². The van der Waals surface area contributed by atoms with Crippen molar-refractivity contribution in [2.24, 2.45) is 17.6 Å². The molecule has 174 valence electrons. The largest absolute Gasteiger partial charge is 0.497 e. The summed E-state index contributed by atoms with van der Waals surface area (Å²) >= 11 is 0. The maximum Gasteiger partial charge on any atom is 0.224 e. The van der Waals surface area contributed by atoms with Crippen molar-refractivity contribution in [2.75, 3.05) is 39.8 Å². The van der Waals surface area contributed by atoms with Crippen molar-refractivity contribution in [2.45, 2.75) is 51.5 Å². The highest BCUT2D eigenvalue weighted by Crippen LogP contribution is 2.21. The number of nitrogens with one attached hydrogen (secondary N) is 2. The Hall–Kier alpha value is -2.12. The Morgan fingerprint density at radius 2 is 1.94 bits per heavy atom. The van der Waals surface area contributed by atoms with Gasteiger partial charge in [0.25, 0.3) is 0 Å². The summed E-state index contributed by atoms with van der Waals surface area (Å²) < 4.78 is 4.91. The zero-order valence-electron chi connectivity index (χ0n) is 19.1. The maximum absolute atomic E-state index is 12.4. The number of amides is 2. The Kier molecular flexibility index (Phi) is 11.4. The minimum Gasteiger partial charge on any atom is -0.497 e. The number of para-hydroxylation sites is 1. The summed E-state index contributed by atoms with van der Waals surface area (Å²) in [6.07, 6.45) is 5.74. The molecule has 0 radical (unpaired) electrons. The number of carbonyl (C=O) groups excluding carboxylic acids is 2. The molecule has 1 aromatic rings. The molecule has 0 aromatic heterocycles. The fourth-order valence-electron chi connectivity index (χ4n) is 4.04. The van der Waals surface area contributed by atoms with Gasteiger partial charge in [0.2, 0.25) is 11.8 Å². The molecule has 2 amide bonds. The van der Waals surface area contributed by atoms with Gasteiger partial charge in [-0.25, -0.2) is 0 Å².